The summed E-state index contributed by atoms with van der Waals surface area (Å²) in [6, 6.07) is 18.6. The first-order chi connectivity index (χ1) is 20.1. The van der Waals surface area contributed by atoms with Crippen molar-refractivity contribution in [2.45, 2.75) is 45.4 Å². The van der Waals surface area contributed by atoms with Crippen molar-refractivity contribution in [2.75, 3.05) is 21.0 Å². The second-order valence-corrected chi connectivity index (χ2v) is 10.2. The lowest BCUT2D eigenvalue weighted by molar-refractivity contribution is -0.147. The summed E-state index contributed by atoms with van der Waals surface area (Å²) >= 11 is 0. The molecule has 0 saturated carbocycles. The minimum absolute atomic E-state index is 0.0632. The van der Waals surface area contributed by atoms with Crippen molar-refractivity contribution in [1.29, 1.82) is 0 Å². The highest BCUT2D eigenvalue weighted by Crippen LogP contribution is 2.25. The van der Waals surface area contributed by atoms with E-state index in [9.17, 15) is 9.59 Å². The number of para-hydroxylation sites is 1. The Morgan fingerprint density at radius 3 is 2.40 bits per heavy atom. The number of hydrogen-bond donors (Lipinski definition) is 1. The minimum Gasteiger partial charge on any atom is -0.497 e. The Bertz CT molecular complexity index is 1500. The zero-order chi connectivity index (χ0) is 30.1. The van der Waals surface area contributed by atoms with Crippen LogP contribution in [-0.2, 0) is 27.3 Å². The van der Waals surface area contributed by atoms with Gasteiger partial charge in [0.1, 0.15) is 46.5 Å². The van der Waals surface area contributed by atoms with Gasteiger partial charge in [-0.3, -0.25) is 0 Å². The molecule has 0 unspecified atom stereocenters. The third-order valence-electron chi connectivity index (χ3n) is 5.92. The van der Waals surface area contributed by atoms with Crippen molar-refractivity contribution in [3.05, 3.63) is 77.9 Å². The summed E-state index contributed by atoms with van der Waals surface area (Å²) in [5.74, 6) is 1.02. The molecule has 0 aliphatic carbocycles. The summed E-state index contributed by atoms with van der Waals surface area (Å²) in [5.41, 5.74) is 2.08. The lowest BCUT2D eigenvalue weighted by Crippen LogP contribution is -2.45. The van der Waals surface area contributed by atoms with Crippen molar-refractivity contribution in [1.82, 2.24) is 20.5 Å². The van der Waals surface area contributed by atoms with Gasteiger partial charge in [-0.25, -0.2) is 9.59 Å². The molecule has 0 aliphatic heterocycles. The second kappa shape index (κ2) is 13.6. The maximum Gasteiger partial charge on any atom is 0.408 e. The second-order valence-electron chi connectivity index (χ2n) is 10.2. The molecule has 1 atom stereocenters. The van der Waals surface area contributed by atoms with Gasteiger partial charge in [0.2, 0.25) is 0 Å². The van der Waals surface area contributed by atoms with Gasteiger partial charge in [0.25, 0.3) is 6.79 Å². The van der Waals surface area contributed by atoms with Crippen LogP contribution in [0.3, 0.4) is 0 Å². The number of nitrogens with zero attached hydrogens (tertiary/aromatic N) is 3. The number of aromatic nitrogens is 3. The molecule has 222 valence electrons. The summed E-state index contributed by atoms with van der Waals surface area (Å²) in [5, 5.41) is 10.6. The minimum atomic E-state index is -1.01. The summed E-state index contributed by atoms with van der Waals surface area (Å²) in [6.45, 7) is 5.06. The fourth-order valence-electron chi connectivity index (χ4n) is 3.91. The number of fused-ring (bicyclic) bond motifs is 1. The zero-order valence-electron chi connectivity index (χ0n) is 24.2. The fraction of sp³-hybridized carbons (Fsp3) is 0.333. The van der Waals surface area contributed by atoms with E-state index in [4.69, 9.17) is 28.5 Å². The number of amides is 1. The molecule has 0 fully saturated rings. The Kier molecular flexibility index (Phi) is 9.69. The normalized spacial score (nSPS) is 11.8. The van der Waals surface area contributed by atoms with E-state index in [0.29, 0.717) is 28.3 Å². The smallest absolute Gasteiger partial charge is 0.408 e. The number of ether oxygens (including phenoxy) is 5. The standard InChI is InChI=1S/C30H34N4O8/c1-30(2,3)42-29(36)31-25(28(35)39-18-21-12-15-23(37-4)17-27(21)38-5)16-20-10-13-22(14-11-20)40-19-41-34-26-9-7-6-8-24(26)32-33-34/h6-15,17,25H,16,18-19H2,1-5H3,(H,31,36)/t25-/m1/s1. The molecule has 1 N–H and O–H groups in total. The Morgan fingerprint density at radius 1 is 0.952 bits per heavy atom. The van der Waals surface area contributed by atoms with Crippen molar-refractivity contribution < 1.29 is 38.1 Å². The summed E-state index contributed by atoms with van der Waals surface area (Å²) in [6.07, 6.45) is -0.580. The molecule has 0 aliphatic rings. The molecule has 0 bridgehead atoms. The predicted molar refractivity (Wildman–Crippen MR) is 152 cm³/mol. The quantitative estimate of drug-likeness (QED) is 0.194. The maximum atomic E-state index is 13.1. The van der Waals surface area contributed by atoms with E-state index in [-0.39, 0.29) is 19.8 Å². The van der Waals surface area contributed by atoms with Gasteiger partial charge in [0, 0.05) is 18.1 Å². The Hall–Kier alpha value is -5.00. The van der Waals surface area contributed by atoms with E-state index < -0.39 is 23.7 Å². The average Bonchev–Trinajstić information content (AvgIpc) is 3.38. The van der Waals surface area contributed by atoms with E-state index in [1.165, 1.54) is 12.0 Å². The van der Waals surface area contributed by atoms with E-state index in [0.717, 1.165) is 11.1 Å². The number of alkyl carbamates (subject to hydrolysis) is 1. The largest absolute Gasteiger partial charge is 0.497 e. The van der Waals surface area contributed by atoms with Crippen molar-refractivity contribution in [2.24, 2.45) is 0 Å². The molecule has 1 amide bonds. The first kappa shape index (κ1) is 30.0. The molecule has 0 saturated heterocycles. The summed E-state index contributed by atoms with van der Waals surface area (Å²) in [7, 11) is 3.07. The van der Waals surface area contributed by atoms with Crippen LogP contribution in [0, 0.1) is 0 Å². The van der Waals surface area contributed by atoms with Crippen LogP contribution in [0.1, 0.15) is 31.9 Å². The van der Waals surface area contributed by atoms with Crippen LogP contribution in [-0.4, -0.2) is 59.9 Å². The van der Waals surface area contributed by atoms with E-state index >= 15 is 0 Å². The fourth-order valence-corrected chi connectivity index (χ4v) is 3.91. The van der Waals surface area contributed by atoms with E-state index in [2.05, 4.69) is 15.6 Å². The molecule has 1 heterocycles. The van der Waals surface area contributed by atoms with Crippen LogP contribution in [0.5, 0.6) is 17.2 Å². The molecule has 0 spiro atoms. The van der Waals surface area contributed by atoms with Crippen molar-refractivity contribution in [3.8, 4) is 17.2 Å². The van der Waals surface area contributed by atoms with Gasteiger partial charge in [-0.2, -0.15) is 0 Å². The third-order valence-corrected chi connectivity index (χ3v) is 5.92. The van der Waals surface area contributed by atoms with Crippen LogP contribution >= 0.6 is 0 Å². The number of hydrogen-bond acceptors (Lipinski definition) is 10. The third kappa shape index (κ3) is 8.26. The lowest BCUT2D eigenvalue weighted by atomic mass is 10.1. The zero-order valence-corrected chi connectivity index (χ0v) is 24.2. The summed E-state index contributed by atoms with van der Waals surface area (Å²) < 4.78 is 27.2. The number of methoxy groups -OCH3 is 2. The molecular formula is C30H34N4O8. The van der Waals surface area contributed by atoms with E-state index in [1.807, 2.05) is 24.3 Å². The van der Waals surface area contributed by atoms with Gasteiger partial charge >= 0.3 is 12.1 Å². The van der Waals surface area contributed by atoms with Crippen LogP contribution in [0.25, 0.3) is 11.0 Å². The van der Waals surface area contributed by atoms with Gasteiger partial charge in [-0.15, -0.1) is 5.10 Å². The Balaban J connectivity index is 1.38. The number of benzene rings is 3. The van der Waals surface area contributed by atoms with Gasteiger partial charge in [-0.1, -0.05) is 29.1 Å². The van der Waals surface area contributed by atoms with Crippen LogP contribution < -0.4 is 24.4 Å². The highest BCUT2D eigenvalue weighted by atomic mass is 16.8. The molecule has 3 aromatic carbocycles. The molecule has 4 aromatic rings. The number of nitrogens with one attached hydrogen (secondary N) is 1. The van der Waals surface area contributed by atoms with Crippen LogP contribution in [0.2, 0.25) is 0 Å². The monoisotopic (exact) mass is 578 g/mol. The van der Waals surface area contributed by atoms with Crippen molar-refractivity contribution >= 4 is 23.1 Å². The average molecular weight is 579 g/mol. The van der Waals surface area contributed by atoms with Crippen LogP contribution in [0.15, 0.2) is 66.7 Å². The number of carbonyl (C=O) groups excluding carboxylic acids is 2. The molecule has 1 aromatic heterocycles. The first-order valence-corrected chi connectivity index (χ1v) is 13.2. The molecule has 4 rings (SSSR count). The van der Waals surface area contributed by atoms with Crippen LogP contribution in [0.4, 0.5) is 4.79 Å². The predicted octanol–water partition coefficient (Wildman–Crippen LogP) is 4.09. The Morgan fingerprint density at radius 2 is 1.69 bits per heavy atom. The molecule has 0 radical (unpaired) electrons. The maximum absolute atomic E-state index is 13.1. The Labute approximate surface area is 243 Å². The van der Waals surface area contributed by atoms with E-state index in [1.54, 1.807) is 70.3 Å². The number of carbonyl (C=O) groups is 2. The van der Waals surface area contributed by atoms with Gasteiger partial charge in [0.15, 0.2) is 0 Å². The first-order valence-electron chi connectivity index (χ1n) is 13.2. The molecule has 12 nitrogen and oxygen atoms in total. The topological polar surface area (TPSA) is 132 Å². The van der Waals surface area contributed by atoms with Gasteiger partial charge < -0.3 is 33.8 Å². The van der Waals surface area contributed by atoms with Gasteiger partial charge in [-0.05, 0) is 67.9 Å². The molecular weight excluding hydrogens is 544 g/mol. The lowest BCUT2D eigenvalue weighted by Gasteiger charge is -2.23. The SMILES string of the molecule is COc1ccc(COC(=O)[C@@H](Cc2ccc(OCOn3nnc4ccccc43)cc2)NC(=O)OC(C)(C)C)c(OC)c1. The highest BCUT2D eigenvalue weighted by molar-refractivity contribution is 5.82. The number of esters is 1. The number of rotatable bonds is 12. The summed E-state index contributed by atoms with van der Waals surface area (Å²) in [4.78, 5) is 32.5. The molecule has 42 heavy (non-hydrogen) atoms. The molecule has 12 heteroatoms. The highest BCUT2D eigenvalue weighted by Gasteiger charge is 2.26. The van der Waals surface area contributed by atoms with Crippen molar-refractivity contribution in [3.63, 3.8) is 0 Å². The van der Waals surface area contributed by atoms with Gasteiger partial charge in [0.05, 0.1) is 14.2 Å².